The number of hydrogen-bond donors (Lipinski definition) is 0. The summed E-state index contributed by atoms with van der Waals surface area (Å²) < 4.78 is 0. The van der Waals surface area contributed by atoms with Crippen molar-refractivity contribution < 1.29 is 0 Å². The van der Waals surface area contributed by atoms with E-state index in [1.165, 1.54) is 0 Å². The monoisotopic (exact) mass is 218 g/mol. The molecule has 1 radical (unpaired) electrons. The van der Waals surface area contributed by atoms with E-state index in [9.17, 15) is 0 Å². The van der Waals surface area contributed by atoms with Crippen LogP contribution in [0.4, 0.5) is 11.4 Å². The van der Waals surface area contributed by atoms with Gasteiger partial charge in [0.25, 0.3) is 0 Å². The third-order valence-corrected chi connectivity index (χ3v) is 2.25. The minimum atomic E-state index is 0.615. The molecule has 0 amide bonds. The first-order chi connectivity index (χ1) is 8.31. The number of nitriles is 2. The highest BCUT2D eigenvalue weighted by atomic mass is 14.9. The second-order valence-corrected chi connectivity index (χ2v) is 3.43. The van der Waals surface area contributed by atoms with E-state index in [1.54, 1.807) is 48.5 Å². The molecule has 0 saturated carbocycles. The van der Waals surface area contributed by atoms with Crippen molar-refractivity contribution in [3.05, 3.63) is 59.7 Å². The topological polar surface area (TPSA) is 61.7 Å². The molecule has 0 N–H and O–H groups in total. The Morgan fingerprint density at radius 3 is 1.29 bits per heavy atom. The first-order valence-corrected chi connectivity index (χ1v) is 5.04. The lowest BCUT2D eigenvalue weighted by Gasteiger charge is -2.02. The third kappa shape index (κ3) is 2.62. The number of hydrogen-bond acceptors (Lipinski definition) is 2. The second kappa shape index (κ2) is 4.83. The molecule has 0 heterocycles. The van der Waals surface area contributed by atoms with Crippen molar-refractivity contribution in [2.45, 2.75) is 0 Å². The highest BCUT2D eigenvalue weighted by Crippen LogP contribution is 2.17. The Labute approximate surface area is 99.6 Å². The van der Waals surface area contributed by atoms with Crippen LogP contribution in [0.25, 0.3) is 0 Å². The molecule has 0 spiro atoms. The molecule has 3 heteroatoms. The van der Waals surface area contributed by atoms with Crippen LogP contribution in [0.15, 0.2) is 48.5 Å². The molecule has 0 fully saturated rings. The third-order valence-electron chi connectivity index (χ3n) is 2.25. The lowest BCUT2D eigenvalue weighted by molar-refractivity contribution is 1.18. The molecule has 0 aliphatic carbocycles. The zero-order valence-electron chi connectivity index (χ0n) is 8.96. The van der Waals surface area contributed by atoms with Crippen LogP contribution in [-0.2, 0) is 0 Å². The van der Waals surface area contributed by atoms with Gasteiger partial charge in [0.05, 0.1) is 34.6 Å². The van der Waals surface area contributed by atoms with Crippen molar-refractivity contribution in [1.29, 1.82) is 10.5 Å². The molecule has 0 aliphatic rings. The molecule has 79 valence electrons. The molecule has 2 aromatic rings. The van der Waals surface area contributed by atoms with E-state index in [0.717, 1.165) is 11.4 Å². The van der Waals surface area contributed by atoms with Crippen LogP contribution in [-0.4, -0.2) is 0 Å². The zero-order valence-corrected chi connectivity index (χ0v) is 8.96. The van der Waals surface area contributed by atoms with Gasteiger partial charge in [-0.2, -0.15) is 10.5 Å². The SMILES string of the molecule is N#Cc1ccc([N]c2ccc(C#N)cc2)cc1. The Hall–Kier alpha value is -2.78. The van der Waals surface area contributed by atoms with E-state index >= 15 is 0 Å². The lowest BCUT2D eigenvalue weighted by Crippen LogP contribution is -1.88. The second-order valence-electron chi connectivity index (χ2n) is 3.43. The van der Waals surface area contributed by atoms with Crippen molar-refractivity contribution in [3.8, 4) is 12.1 Å². The van der Waals surface area contributed by atoms with Gasteiger partial charge >= 0.3 is 0 Å². The van der Waals surface area contributed by atoms with Gasteiger partial charge in [0, 0.05) is 0 Å². The Balaban J connectivity index is 2.14. The van der Waals surface area contributed by atoms with Gasteiger partial charge in [-0.3, -0.25) is 0 Å². The molecule has 2 rings (SSSR count). The predicted octanol–water partition coefficient (Wildman–Crippen LogP) is 3.00. The van der Waals surface area contributed by atoms with Crippen LogP contribution in [0.2, 0.25) is 0 Å². The molecule has 17 heavy (non-hydrogen) atoms. The van der Waals surface area contributed by atoms with Gasteiger partial charge in [-0.25, -0.2) is 5.32 Å². The van der Waals surface area contributed by atoms with E-state index in [2.05, 4.69) is 17.5 Å². The minimum absolute atomic E-state index is 0.615. The summed E-state index contributed by atoms with van der Waals surface area (Å²) in [6, 6.07) is 18.2. The van der Waals surface area contributed by atoms with Gasteiger partial charge in [-0.15, -0.1) is 0 Å². The van der Waals surface area contributed by atoms with Gasteiger partial charge in [0.2, 0.25) is 0 Å². The fourth-order valence-electron chi connectivity index (χ4n) is 1.37. The highest BCUT2D eigenvalue weighted by molar-refractivity contribution is 5.51. The first-order valence-electron chi connectivity index (χ1n) is 5.04. The largest absolute Gasteiger partial charge is 0.249 e. The maximum absolute atomic E-state index is 8.66. The lowest BCUT2D eigenvalue weighted by atomic mass is 10.2. The predicted molar refractivity (Wildman–Crippen MR) is 63.8 cm³/mol. The van der Waals surface area contributed by atoms with Crippen LogP contribution in [0.1, 0.15) is 11.1 Å². The van der Waals surface area contributed by atoms with Crippen LogP contribution >= 0.6 is 0 Å². The fraction of sp³-hybridized carbons (Fsp3) is 0. The van der Waals surface area contributed by atoms with Crippen molar-refractivity contribution in [3.63, 3.8) is 0 Å². The Kier molecular flexibility index (Phi) is 3.05. The summed E-state index contributed by atoms with van der Waals surface area (Å²) in [6.45, 7) is 0. The van der Waals surface area contributed by atoms with Gasteiger partial charge in [0.1, 0.15) is 0 Å². The van der Waals surface area contributed by atoms with E-state index in [1.807, 2.05) is 0 Å². The number of rotatable bonds is 2. The quantitative estimate of drug-likeness (QED) is 0.777. The molecule has 2 aromatic carbocycles. The summed E-state index contributed by atoms with van der Waals surface area (Å²) in [5.74, 6) is 0. The smallest absolute Gasteiger partial charge is 0.0991 e. The van der Waals surface area contributed by atoms with Gasteiger partial charge in [-0.1, -0.05) is 0 Å². The molecule has 0 unspecified atom stereocenters. The standard InChI is InChI=1S/C14H8N3/c15-9-11-1-5-13(6-2-11)17-14-7-3-12(10-16)4-8-14/h1-8H. The summed E-state index contributed by atoms with van der Waals surface area (Å²) in [4.78, 5) is 0. The van der Waals surface area contributed by atoms with E-state index in [4.69, 9.17) is 10.5 Å². The molecule has 3 nitrogen and oxygen atoms in total. The number of benzene rings is 2. The van der Waals surface area contributed by atoms with Crippen molar-refractivity contribution in [1.82, 2.24) is 5.32 Å². The van der Waals surface area contributed by atoms with E-state index in [0.29, 0.717) is 11.1 Å². The fourth-order valence-corrected chi connectivity index (χ4v) is 1.37. The van der Waals surface area contributed by atoms with Crippen molar-refractivity contribution in [2.24, 2.45) is 0 Å². The molecule has 0 bridgehead atoms. The van der Waals surface area contributed by atoms with Gasteiger partial charge < -0.3 is 0 Å². The summed E-state index contributed by atoms with van der Waals surface area (Å²) in [5.41, 5.74) is 2.80. The number of nitrogens with zero attached hydrogens (tertiary/aromatic N) is 3. The minimum Gasteiger partial charge on any atom is -0.249 e. The molecule has 0 saturated heterocycles. The Bertz CT molecular complexity index is 528. The van der Waals surface area contributed by atoms with Crippen molar-refractivity contribution >= 4 is 11.4 Å². The molecule has 0 atom stereocenters. The Morgan fingerprint density at radius 1 is 0.647 bits per heavy atom. The van der Waals surface area contributed by atoms with E-state index in [-0.39, 0.29) is 0 Å². The van der Waals surface area contributed by atoms with E-state index < -0.39 is 0 Å². The molecule has 0 aliphatic heterocycles. The van der Waals surface area contributed by atoms with Crippen molar-refractivity contribution in [2.75, 3.05) is 0 Å². The van der Waals surface area contributed by atoms with Crippen LogP contribution < -0.4 is 5.32 Å². The maximum atomic E-state index is 8.66. The normalized spacial score (nSPS) is 9.06. The summed E-state index contributed by atoms with van der Waals surface area (Å²) in [6.07, 6.45) is 0. The first kappa shape index (κ1) is 10.7. The van der Waals surface area contributed by atoms with Crippen LogP contribution in [0, 0.1) is 22.7 Å². The maximum Gasteiger partial charge on any atom is 0.0991 e. The summed E-state index contributed by atoms with van der Waals surface area (Å²) >= 11 is 0. The summed E-state index contributed by atoms with van der Waals surface area (Å²) in [7, 11) is 0. The zero-order chi connectivity index (χ0) is 12.1. The van der Waals surface area contributed by atoms with Gasteiger partial charge in [0.15, 0.2) is 0 Å². The Morgan fingerprint density at radius 2 is 1.00 bits per heavy atom. The highest BCUT2D eigenvalue weighted by Gasteiger charge is 1.98. The van der Waals surface area contributed by atoms with Gasteiger partial charge in [-0.05, 0) is 48.5 Å². The molecule has 0 aromatic heterocycles. The van der Waals surface area contributed by atoms with Crippen LogP contribution in [0.5, 0.6) is 0 Å². The summed E-state index contributed by atoms with van der Waals surface area (Å²) in [5, 5.41) is 21.7. The molecular weight excluding hydrogens is 210 g/mol. The average molecular weight is 218 g/mol. The van der Waals surface area contributed by atoms with Crippen LogP contribution in [0.3, 0.4) is 0 Å². The molecular formula is C14H8N3. The average Bonchev–Trinajstić information content (AvgIpc) is 2.40.